The van der Waals surface area contributed by atoms with E-state index in [0.29, 0.717) is 6.04 Å². The fourth-order valence-electron chi connectivity index (χ4n) is 2.02. The van der Waals surface area contributed by atoms with Gasteiger partial charge in [0.05, 0.1) is 0 Å². The minimum Gasteiger partial charge on any atom is -0.341 e. The first-order valence-corrected chi connectivity index (χ1v) is 6.86. The number of carbonyl (C=O) groups excluding carboxylic acids is 1. The summed E-state index contributed by atoms with van der Waals surface area (Å²) in [5, 5.41) is 0. The van der Waals surface area contributed by atoms with E-state index in [1.165, 1.54) is 38.5 Å². The number of nitrogens with zero attached hydrogens (tertiary/aromatic N) is 1. The van der Waals surface area contributed by atoms with Crippen LogP contribution in [0.5, 0.6) is 0 Å². The highest BCUT2D eigenvalue weighted by molar-refractivity contribution is 5.73. The SMILES string of the molecule is CCCCCCCCCN(C(C)=O)C(C)C. The van der Waals surface area contributed by atoms with Crippen LogP contribution in [0.2, 0.25) is 0 Å². The lowest BCUT2D eigenvalue weighted by Gasteiger charge is -2.25. The maximum atomic E-state index is 11.3. The van der Waals surface area contributed by atoms with E-state index >= 15 is 0 Å². The van der Waals surface area contributed by atoms with Crippen molar-refractivity contribution in [3.8, 4) is 0 Å². The second-order valence-corrected chi connectivity index (χ2v) is 4.93. The maximum absolute atomic E-state index is 11.3. The van der Waals surface area contributed by atoms with Gasteiger partial charge in [0.1, 0.15) is 0 Å². The Labute approximate surface area is 101 Å². The molecule has 0 atom stereocenters. The molecule has 0 aliphatic heterocycles. The molecule has 0 radical (unpaired) electrons. The fraction of sp³-hybridized carbons (Fsp3) is 0.929. The van der Waals surface area contributed by atoms with Crippen molar-refractivity contribution < 1.29 is 4.79 Å². The van der Waals surface area contributed by atoms with Crippen LogP contribution < -0.4 is 0 Å². The van der Waals surface area contributed by atoms with Gasteiger partial charge >= 0.3 is 0 Å². The van der Waals surface area contributed by atoms with Crippen molar-refractivity contribution in [1.82, 2.24) is 4.90 Å². The van der Waals surface area contributed by atoms with E-state index in [-0.39, 0.29) is 5.91 Å². The first kappa shape index (κ1) is 15.5. The molecule has 0 saturated heterocycles. The Balaban J connectivity index is 3.45. The minimum absolute atomic E-state index is 0.209. The summed E-state index contributed by atoms with van der Waals surface area (Å²) in [7, 11) is 0. The quantitative estimate of drug-likeness (QED) is 0.545. The number of carbonyl (C=O) groups is 1. The third-order valence-corrected chi connectivity index (χ3v) is 3.03. The number of amides is 1. The third kappa shape index (κ3) is 7.72. The lowest BCUT2D eigenvalue weighted by atomic mass is 10.1. The van der Waals surface area contributed by atoms with Gasteiger partial charge in [-0.1, -0.05) is 45.4 Å². The van der Waals surface area contributed by atoms with E-state index in [9.17, 15) is 4.79 Å². The van der Waals surface area contributed by atoms with Crippen LogP contribution in [0.25, 0.3) is 0 Å². The Morgan fingerprint density at radius 2 is 1.50 bits per heavy atom. The topological polar surface area (TPSA) is 20.3 Å². The molecule has 0 rings (SSSR count). The van der Waals surface area contributed by atoms with Gasteiger partial charge in [-0.05, 0) is 20.3 Å². The molecular weight excluding hydrogens is 198 g/mol. The molecule has 0 saturated carbocycles. The van der Waals surface area contributed by atoms with Crippen LogP contribution in [0.4, 0.5) is 0 Å². The zero-order valence-corrected chi connectivity index (χ0v) is 11.6. The summed E-state index contributed by atoms with van der Waals surface area (Å²) in [6.07, 6.45) is 9.15. The molecule has 0 aromatic rings. The predicted molar refractivity (Wildman–Crippen MR) is 70.5 cm³/mol. The number of unbranched alkanes of at least 4 members (excludes halogenated alkanes) is 6. The summed E-state index contributed by atoms with van der Waals surface area (Å²) in [6.45, 7) is 9.01. The van der Waals surface area contributed by atoms with Crippen LogP contribution in [-0.2, 0) is 4.79 Å². The van der Waals surface area contributed by atoms with Gasteiger partial charge in [-0.25, -0.2) is 0 Å². The Morgan fingerprint density at radius 3 is 1.94 bits per heavy atom. The molecule has 0 aliphatic rings. The van der Waals surface area contributed by atoms with Crippen LogP contribution in [-0.4, -0.2) is 23.4 Å². The number of rotatable bonds is 9. The number of hydrogen-bond acceptors (Lipinski definition) is 1. The Kier molecular flexibility index (Phi) is 9.36. The molecule has 0 bridgehead atoms. The van der Waals surface area contributed by atoms with Crippen molar-refractivity contribution >= 4 is 5.91 Å². The molecule has 0 N–H and O–H groups in total. The Morgan fingerprint density at radius 1 is 1.00 bits per heavy atom. The van der Waals surface area contributed by atoms with E-state index in [2.05, 4.69) is 20.8 Å². The van der Waals surface area contributed by atoms with Crippen LogP contribution in [0.1, 0.15) is 72.6 Å². The van der Waals surface area contributed by atoms with Crippen LogP contribution in [0.15, 0.2) is 0 Å². The fourth-order valence-corrected chi connectivity index (χ4v) is 2.02. The monoisotopic (exact) mass is 227 g/mol. The lowest BCUT2D eigenvalue weighted by Crippen LogP contribution is -2.35. The van der Waals surface area contributed by atoms with E-state index < -0.39 is 0 Å². The van der Waals surface area contributed by atoms with Gasteiger partial charge in [0.2, 0.25) is 5.91 Å². The molecule has 0 aromatic carbocycles. The van der Waals surface area contributed by atoms with E-state index in [0.717, 1.165) is 13.0 Å². The van der Waals surface area contributed by atoms with Crippen molar-refractivity contribution in [2.45, 2.75) is 78.7 Å². The van der Waals surface area contributed by atoms with Gasteiger partial charge in [-0.3, -0.25) is 4.79 Å². The average molecular weight is 227 g/mol. The van der Waals surface area contributed by atoms with Crippen molar-refractivity contribution in [3.63, 3.8) is 0 Å². The zero-order chi connectivity index (χ0) is 12.4. The highest BCUT2D eigenvalue weighted by Gasteiger charge is 2.11. The molecule has 96 valence electrons. The van der Waals surface area contributed by atoms with Gasteiger partial charge in [0.25, 0.3) is 0 Å². The summed E-state index contributed by atoms with van der Waals surface area (Å²) in [4.78, 5) is 13.3. The van der Waals surface area contributed by atoms with Gasteiger partial charge in [-0.15, -0.1) is 0 Å². The van der Waals surface area contributed by atoms with Crippen LogP contribution in [0.3, 0.4) is 0 Å². The zero-order valence-electron chi connectivity index (χ0n) is 11.6. The average Bonchev–Trinajstić information content (AvgIpc) is 2.21. The smallest absolute Gasteiger partial charge is 0.219 e. The second kappa shape index (κ2) is 9.68. The molecule has 0 aliphatic carbocycles. The Bertz CT molecular complexity index is 178. The molecule has 0 unspecified atom stereocenters. The summed E-state index contributed by atoms with van der Waals surface area (Å²) in [5.41, 5.74) is 0. The summed E-state index contributed by atoms with van der Waals surface area (Å²) < 4.78 is 0. The van der Waals surface area contributed by atoms with Crippen LogP contribution >= 0.6 is 0 Å². The highest BCUT2D eigenvalue weighted by Crippen LogP contribution is 2.08. The first-order chi connectivity index (χ1) is 7.59. The molecule has 0 fully saturated rings. The summed E-state index contributed by atoms with van der Waals surface area (Å²) in [6, 6.07) is 0.345. The van der Waals surface area contributed by atoms with E-state index in [1.807, 2.05) is 4.90 Å². The van der Waals surface area contributed by atoms with Gasteiger partial charge in [0, 0.05) is 19.5 Å². The molecule has 2 nitrogen and oxygen atoms in total. The van der Waals surface area contributed by atoms with Crippen molar-refractivity contribution in [3.05, 3.63) is 0 Å². The molecule has 16 heavy (non-hydrogen) atoms. The number of hydrogen-bond donors (Lipinski definition) is 0. The predicted octanol–water partition coefficient (Wildman–Crippen LogP) is 3.99. The molecule has 0 heterocycles. The van der Waals surface area contributed by atoms with Gasteiger partial charge in [0.15, 0.2) is 0 Å². The standard InChI is InChI=1S/C14H29NO/c1-5-6-7-8-9-10-11-12-15(13(2)3)14(4)16/h13H,5-12H2,1-4H3. The summed E-state index contributed by atoms with van der Waals surface area (Å²) >= 11 is 0. The van der Waals surface area contributed by atoms with Gasteiger partial charge < -0.3 is 4.90 Å². The Hall–Kier alpha value is -0.530. The molecule has 0 spiro atoms. The van der Waals surface area contributed by atoms with Crippen molar-refractivity contribution in [2.75, 3.05) is 6.54 Å². The maximum Gasteiger partial charge on any atom is 0.219 e. The largest absolute Gasteiger partial charge is 0.341 e. The second-order valence-electron chi connectivity index (χ2n) is 4.93. The lowest BCUT2D eigenvalue weighted by molar-refractivity contribution is -0.130. The highest BCUT2D eigenvalue weighted by atomic mass is 16.2. The molecular formula is C14H29NO. The molecule has 2 heteroatoms. The van der Waals surface area contributed by atoms with Crippen LogP contribution in [0, 0.1) is 0 Å². The molecule has 0 aromatic heterocycles. The minimum atomic E-state index is 0.209. The first-order valence-electron chi connectivity index (χ1n) is 6.86. The normalized spacial score (nSPS) is 10.8. The molecule has 1 amide bonds. The van der Waals surface area contributed by atoms with E-state index in [1.54, 1.807) is 6.92 Å². The third-order valence-electron chi connectivity index (χ3n) is 3.03. The summed E-state index contributed by atoms with van der Waals surface area (Å²) in [5.74, 6) is 0.209. The van der Waals surface area contributed by atoms with Crippen molar-refractivity contribution in [2.24, 2.45) is 0 Å². The van der Waals surface area contributed by atoms with E-state index in [4.69, 9.17) is 0 Å². The van der Waals surface area contributed by atoms with Crippen molar-refractivity contribution in [1.29, 1.82) is 0 Å². The van der Waals surface area contributed by atoms with Gasteiger partial charge in [-0.2, -0.15) is 0 Å².